The highest BCUT2D eigenvalue weighted by molar-refractivity contribution is 5.96. The maximum Gasteiger partial charge on any atom is 0.573 e. The van der Waals surface area contributed by atoms with Gasteiger partial charge in [0.2, 0.25) is 0 Å². The molecule has 0 saturated carbocycles. The van der Waals surface area contributed by atoms with Crippen LogP contribution in [-0.2, 0) is 0 Å². The van der Waals surface area contributed by atoms with Gasteiger partial charge >= 0.3 is 6.36 Å². The first-order valence-corrected chi connectivity index (χ1v) is 10.2. The monoisotopic (exact) mass is 445 g/mol. The van der Waals surface area contributed by atoms with Crippen LogP contribution in [-0.4, -0.2) is 47.3 Å². The SMILES string of the molecule is COc1ccc2c(C3CCN(C(=O)c4ccc(OC(F)(F)F)cc4C)CC3)ncnc2c1. The van der Waals surface area contributed by atoms with Crippen LogP contribution >= 0.6 is 0 Å². The van der Waals surface area contributed by atoms with Crippen molar-refractivity contribution in [3.8, 4) is 11.5 Å². The average Bonchev–Trinajstić information content (AvgIpc) is 2.77. The maximum absolute atomic E-state index is 13.0. The highest BCUT2D eigenvalue weighted by Crippen LogP contribution is 2.33. The van der Waals surface area contributed by atoms with Crippen LogP contribution < -0.4 is 9.47 Å². The van der Waals surface area contributed by atoms with Gasteiger partial charge in [-0.1, -0.05) is 0 Å². The number of carbonyl (C=O) groups excluding carboxylic acids is 1. The number of carbonyl (C=O) groups is 1. The van der Waals surface area contributed by atoms with E-state index in [1.54, 1.807) is 25.3 Å². The van der Waals surface area contributed by atoms with Gasteiger partial charge in [0.1, 0.15) is 17.8 Å². The topological polar surface area (TPSA) is 64.5 Å². The number of likely N-dealkylation sites (tertiary alicyclic amines) is 1. The number of amides is 1. The van der Waals surface area contributed by atoms with Crippen LogP contribution in [0.15, 0.2) is 42.7 Å². The van der Waals surface area contributed by atoms with Crippen molar-refractivity contribution in [2.75, 3.05) is 20.2 Å². The fraction of sp³-hybridized carbons (Fsp3) is 0.348. The van der Waals surface area contributed by atoms with Crippen LogP contribution in [0.25, 0.3) is 10.9 Å². The molecule has 1 aliphatic heterocycles. The van der Waals surface area contributed by atoms with E-state index < -0.39 is 6.36 Å². The summed E-state index contributed by atoms with van der Waals surface area (Å²) in [5, 5.41) is 0.967. The van der Waals surface area contributed by atoms with E-state index in [4.69, 9.17) is 4.74 Å². The van der Waals surface area contributed by atoms with E-state index in [1.807, 2.05) is 18.2 Å². The van der Waals surface area contributed by atoms with Crippen LogP contribution in [0.4, 0.5) is 13.2 Å². The Morgan fingerprint density at radius 1 is 1.06 bits per heavy atom. The van der Waals surface area contributed by atoms with Crippen LogP contribution in [0.1, 0.15) is 40.4 Å². The molecule has 3 aromatic rings. The standard InChI is InChI=1S/C23H22F3N3O3/c1-14-11-17(32-23(24,25)26)4-5-18(14)22(30)29-9-7-15(8-10-29)21-19-6-3-16(31-2)12-20(19)27-13-28-21/h3-6,11-13,15H,7-10H2,1-2H3. The zero-order valence-corrected chi connectivity index (χ0v) is 17.6. The largest absolute Gasteiger partial charge is 0.573 e. The molecule has 0 N–H and O–H groups in total. The van der Waals surface area contributed by atoms with Crippen molar-refractivity contribution < 1.29 is 27.4 Å². The highest BCUT2D eigenvalue weighted by atomic mass is 19.4. The van der Waals surface area contributed by atoms with Gasteiger partial charge in [-0.05, 0) is 55.7 Å². The van der Waals surface area contributed by atoms with E-state index in [2.05, 4.69) is 14.7 Å². The molecule has 1 saturated heterocycles. The second kappa shape index (κ2) is 8.64. The fourth-order valence-electron chi connectivity index (χ4n) is 4.11. The highest BCUT2D eigenvalue weighted by Gasteiger charge is 2.32. The molecule has 0 bridgehead atoms. The lowest BCUT2D eigenvalue weighted by molar-refractivity contribution is -0.274. The first-order chi connectivity index (χ1) is 15.2. The lowest BCUT2D eigenvalue weighted by atomic mass is 9.90. The van der Waals surface area contributed by atoms with Crippen molar-refractivity contribution in [2.45, 2.75) is 32.0 Å². The summed E-state index contributed by atoms with van der Waals surface area (Å²) >= 11 is 0. The molecule has 0 aliphatic carbocycles. The van der Waals surface area contributed by atoms with Gasteiger partial charge in [0.25, 0.3) is 5.91 Å². The Balaban J connectivity index is 1.46. The third-order valence-electron chi connectivity index (χ3n) is 5.71. The van der Waals surface area contributed by atoms with Gasteiger partial charge in [0, 0.05) is 36.0 Å². The van der Waals surface area contributed by atoms with Crippen molar-refractivity contribution in [1.29, 1.82) is 0 Å². The molecule has 4 rings (SSSR count). The van der Waals surface area contributed by atoms with Crippen molar-refractivity contribution in [1.82, 2.24) is 14.9 Å². The van der Waals surface area contributed by atoms with Gasteiger partial charge in [-0.25, -0.2) is 9.97 Å². The minimum atomic E-state index is -4.77. The Bertz CT molecular complexity index is 1140. The Kier molecular flexibility index (Phi) is 5.90. The van der Waals surface area contributed by atoms with Crippen LogP contribution in [0, 0.1) is 6.92 Å². The molecule has 0 atom stereocenters. The number of hydrogen-bond donors (Lipinski definition) is 0. The third kappa shape index (κ3) is 4.61. The molecule has 0 spiro atoms. The Morgan fingerprint density at radius 3 is 2.44 bits per heavy atom. The number of aryl methyl sites for hydroxylation is 1. The molecule has 1 amide bonds. The summed E-state index contributed by atoms with van der Waals surface area (Å²) in [4.78, 5) is 23.5. The summed E-state index contributed by atoms with van der Waals surface area (Å²) in [6.07, 6.45) is -1.75. The molecule has 1 fully saturated rings. The lowest BCUT2D eigenvalue weighted by Crippen LogP contribution is -2.38. The minimum Gasteiger partial charge on any atom is -0.497 e. The predicted octanol–water partition coefficient (Wildman–Crippen LogP) is 4.87. The van der Waals surface area contributed by atoms with E-state index in [0.29, 0.717) is 24.2 Å². The number of halogens is 3. The summed E-state index contributed by atoms with van der Waals surface area (Å²) in [6.45, 7) is 2.67. The number of methoxy groups -OCH3 is 1. The van der Waals surface area contributed by atoms with Crippen molar-refractivity contribution >= 4 is 16.8 Å². The van der Waals surface area contributed by atoms with E-state index >= 15 is 0 Å². The van der Waals surface area contributed by atoms with Crippen molar-refractivity contribution in [2.24, 2.45) is 0 Å². The molecule has 2 heterocycles. The Labute approximate surface area is 183 Å². The maximum atomic E-state index is 13.0. The van der Waals surface area contributed by atoms with Crippen molar-refractivity contribution in [3.05, 3.63) is 59.5 Å². The van der Waals surface area contributed by atoms with Gasteiger partial charge in [-0.3, -0.25) is 4.79 Å². The number of piperidine rings is 1. The van der Waals surface area contributed by atoms with E-state index in [9.17, 15) is 18.0 Å². The third-order valence-corrected chi connectivity index (χ3v) is 5.71. The fourth-order valence-corrected chi connectivity index (χ4v) is 4.11. The molecule has 0 radical (unpaired) electrons. The number of ether oxygens (including phenoxy) is 2. The molecule has 6 nitrogen and oxygen atoms in total. The first-order valence-electron chi connectivity index (χ1n) is 10.2. The normalized spacial score (nSPS) is 15.1. The van der Waals surface area contributed by atoms with Gasteiger partial charge in [0.15, 0.2) is 0 Å². The van der Waals surface area contributed by atoms with Gasteiger partial charge in [-0.2, -0.15) is 0 Å². The first kappa shape index (κ1) is 21.9. The van der Waals surface area contributed by atoms with Gasteiger partial charge in [-0.15, -0.1) is 13.2 Å². The second-order valence-corrected chi connectivity index (χ2v) is 7.73. The zero-order chi connectivity index (χ0) is 22.9. The van der Waals surface area contributed by atoms with Crippen LogP contribution in [0.2, 0.25) is 0 Å². The van der Waals surface area contributed by atoms with Crippen LogP contribution in [0.3, 0.4) is 0 Å². The smallest absolute Gasteiger partial charge is 0.497 e. The van der Waals surface area contributed by atoms with Crippen molar-refractivity contribution in [3.63, 3.8) is 0 Å². The van der Waals surface area contributed by atoms with Crippen LogP contribution in [0.5, 0.6) is 11.5 Å². The molecule has 1 aromatic heterocycles. The molecule has 1 aliphatic rings. The molecule has 2 aromatic carbocycles. The molecule has 9 heteroatoms. The lowest BCUT2D eigenvalue weighted by Gasteiger charge is -2.32. The molecule has 168 valence electrons. The summed E-state index contributed by atoms with van der Waals surface area (Å²) in [5.74, 6) is 0.375. The number of alkyl halides is 3. The molecular formula is C23H22F3N3O3. The number of aromatic nitrogens is 2. The molecule has 32 heavy (non-hydrogen) atoms. The zero-order valence-electron chi connectivity index (χ0n) is 17.6. The van der Waals surface area contributed by atoms with Gasteiger partial charge < -0.3 is 14.4 Å². The van der Waals surface area contributed by atoms with E-state index in [0.717, 1.165) is 35.2 Å². The number of fused-ring (bicyclic) bond motifs is 1. The van der Waals surface area contributed by atoms with E-state index in [-0.39, 0.29) is 17.6 Å². The Morgan fingerprint density at radius 2 is 1.78 bits per heavy atom. The average molecular weight is 445 g/mol. The van der Waals surface area contributed by atoms with Gasteiger partial charge in [0.05, 0.1) is 18.3 Å². The number of nitrogens with zero attached hydrogens (tertiary/aromatic N) is 3. The molecule has 0 unspecified atom stereocenters. The molecular weight excluding hydrogens is 423 g/mol. The summed E-state index contributed by atoms with van der Waals surface area (Å²) < 4.78 is 46.5. The number of hydrogen-bond acceptors (Lipinski definition) is 5. The summed E-state index contributed by atoms with van der Waals surface area (Å²) in [5.41, 5.74) is 2.58. The van der Waals surface area contributed by atoms with E-state index in [1.165, 1.54) is 18.2 Å². The number of benzene rings is 2. The minimum absolute atomic E-state index is 0.182. The quantitative estimate of drug-likeness (QED) is 0.574. The summed E-state index contributed by atoms with van der Waals surface area (Å²) in [6, 6.07) is 9.48. The summed E-state index contributed by atoms with van der Waals surface area (Å²) in [7, 11) is 1.61. The number of rotatable bonds is 4. The Hall–Kier alpha value is -3.36. The second-order valence-electron chi connectivity index (χ2n) is 7.73. The predicted molar refractivity (Wildman–Crippen MR) is 112 cm³/mol.